The molecule has 28 heavy (non-hydrogen) atoms. The van der Waals surface area contributed by atoms with Crippen molar-refractivity contribution >= 4 is 27.7 Å². The van der Waals surface area contributed by atoms with Gasteiger partial charge in [0.1, 0.15) is 10.6 Å². The van der Waals surface area contributed by atoms with Gasteiger partial charge in [-0.2, -0.15) is 4.31 Å². The predicted octanol–water partition coefficient (Wildman–Crippen LogP) is 2.62. The van der Waals surface area contributed by atoms with Crippen molar-refractivity contribution in [1.29, 1.82) is 0 Å². The summed E-state index contributed by atoms with van der Waals surface area (Å²) in [6.07, 6.45) is 0.601. The molecule has 1 aliphatic rings. The van der Waals surface area contributed by atoms with Crippen molar-refractivity contribution in [1.82, 2.24) is 14.4 Å². The molecule has 1 aliphatic heterocycles. The number of rotatable bonds is 5. The molecule has 1 fully saturated rings. The highest BCUT2D eigenvalue weighted by atomic mass is 32.2. The van der Waals surface area contributed by atoms with Crippen molar-refractivity contribution in [3.8, 4) is 0 Å². The van der Waals surface area contributed by atoms with E-state index in [0.29, 0.717) is 43.3 Å². The normalized spacial score (nSPS) is 16.2. The lowest BCUT2D eigenvalue weighted by atomic mass is 10.2. The molecule has 2 aromatic rings. The highest BCUT2D eigenvalue weighted by Crippen LogP contribution is 2.24. The van der Waals surface area contributed by atoms with Crippen molar-refractivity contribution < 1.29 is 17.7 Å². The number of hydrogen-bond acceptors (Lipinski definition) is 6. The van der Waals surface area contributed by atoms with E-state index in [1.165, 1.54) is 21.6 Å². The zero-order chi connectivity index (χ0) is 20.3. The number of aromatic nitrogens is 1. The highest BCUT2D eigenvalue weighted by Gasteiger charge is 2.32. The Morgan fingerprint density at radius 1 is 1.11 bits per heavy atom. The van der Waals surface area contributed by atoms with Gasteiger partial charge in [-0.05, 0) is 39.3 Å². The molecule has 1 amide bonds. The summed E-state index contributed by atoms with van der Waals surface area (Å²) >= 11 is 1.50. The number of nitrogens with zero attached hydrogens (tertiary/aromatic N) is 3. The van der Waals surface area contributed by atoms with Gasteiger partial charge in [-0.25, -0.2) is 8.42 Å². The van der Waals surface area contributed by atoms with Gasteiger partial charge < -0.3 is 9.42 Å². The molecule has 1 saturated heterocycles. The van der Waals surface area contributed by atoms with E-state index in [0.717, 1.165) is 4.90 Å². The average molecular weight is 424 g/mol. The van der Waals surface area contributed by atoms with E-state index in [1.54, 1.807) is 18.7 Å². The first-order valence-electron chi connectivity index (χ1n) is 9.19. The van der Waals surface area contributed by atoms with Crippen molar-refractivity contribution in [2.24, 2.45) is 0 Å². The van der Waals surface area contributed by atoms with Crippen LogP contribution < -0.4 is 0 Å². The molecule has 0 radical (unpaired) electrons. The molecule has 0 unspecified atom stereocenters. The number of carbonyl (C=O) groups is 1. The summed E-state index contributed by atoms with van der Waals surface area (Å²) in [5.74, 6) is 0.672. The predicted molar refractivity (Wildman–Crippen MR) is 108 cm³/mol. The Labute approximate surface area is 170 Å². The first kappa shape index (κ1) is 20.9. The third-order valence-electron chi connectivity index (χ3n) is 4.76. The van der Waals surface area contributed by atoms with Gasteiger partial charge in [0, 0.05) is 31.1 Å². The minimum absolute atomic E-state index is 0.0298. The molecule has 0 aliphatic carbocycles. The van der Waals surface area contributed by atoms with Gasteiger partial charge in [-0.1, -0.05) is 22.9 Å². The quantitative estimate of drug-likeness (QED) is 0.688. The molecular weight excluding hydrogens is 398 g/mol. The number of hydrogen-bond donors (Lipinski definition) is 0. The first-order chi connectivity index (χ1) is 13.3. The van der Waals surface area contributed by atoms with E-state index in [2.05, 4.69) is 5.16 Å². The van der Waals surface area contributed by atoms with Gasteiger partial charge in [-0.15, -0.1) is 11.8 Å². The number of thioether (sulfide) groups is 1. The van der Waals surface area contributed by atoms with Crippen LogP contribution in [0.3, 0.4) is 0 Å². The van der Waals surface area contributed by atoms with Gasteiger partial charge in [0.05, 0.1) is 5.75 Å². The topological polar surface area (TPSA) is 83.7 Å². The number of benzene rings is 1. The van der Waals surface area contributed by atoms with E-state index < -0.39 is 10.0 Å². The smallest absolute Gasteiger partial charge is 0.248 e. The summed E-state index contributed by atoms with van der Waals surface area (Å²) < 4.78 is 32.4. The summed E-state index contributed by atoms with van der Waals surface area (Å²) in [6, 6.07) is 8.06. The number of carbonyl (C=O) groups excluding carboxylic acids is 1. The molecular formula is C19H25N3O4S2. The first-order valence-corrected chi connectivity index (χ1v) is 11.6. The third kappa shape index (κ3) is 4.59. The molecule has 0 atom stereocenters. The van der Waals surface area contributed by atoms with Crippen LogP contribution in [-0.2, 0) is 14.8 Å². The van der Waals surface area contributed by atoms with E-state index in [-0.39, 0.29) is 17.3 Å². The lowest BCUT2D eigenvalue weighted by Crippen LogP contribution is -2.38. The second-order valence-electron chi connectivity index (χ2n) is 6.89. The van der Waals surface area contributed by atoms with E-state index in [9.17, 15) is 13.2 Å². The van der Waals surface area contributed by atoms with Crippen LogP contribution in [-0.4, -0.2) is 60.6 Å². The molecule has 7 nitrogen and oxygen atoms in total. The van der Waals surface area contributed by atoms with Crippen LogP contribution in [0.5, 0.6) is 0 Å². The molecule has 1 aromatic heterocycles. The van der Waals surface area contributed by atoms with Crippen molar-refractivity contribution in [2.75, 3.05) is 31.9 Å². The van der Waals surface area contributed by atoms with Crippen LogP contribution in [0.1, 0.15) is 23.4 Å². The number of sulfonamides is 1. The zero-order valence-electron chi connectivity index (χ0n) is 16.3. The summed E-state index contributed by atoms with van der Waals surface area (Å²) in [7, 11) is -3.68. The molecule has 0 saturated carbocycles. The molecule has 2 heterocycles. The molecule has 0 bridgehead atoms. The summed E-state index contributed by atoms with van der Waals surface area (Å²) in [6.45, 7) is 6.84. The Hall–Kier alpha value is -1.84. The van der Waals surface area contributed by atoms with Gasteiger partial charge in [-0.3, -0.25) is 4.79 Å². The third-order valence-corrected chi connectivity index (χ3v) is 7.90. The SMILES string of the molecule is Cc1ccc(SCC(=O)N2CCCN(S(=O)(=O)c3c(C)noc3C)CC2)cc1. The maximum Gasteiger partial charge on any atom is 0.248 e. The summed E-state index contributed by atoms with van der Waals surface area (Å²) in [5, 5.41) is 3.75. The van der Waals surface area contributed by atoms with Crippen molar-refractivity contribution in [2.45, 2.75) is 37.0 Å². The Morgan fingerprint density at radius 2 is 1.82 bits per heavy atom. The van der Waals surface area contributed by atoms with Gasteiger partial charge >= 0.3 is 0 Å². The minimum atomic E-state index is -3.68. The minimum Gasteiger partial charge on any atom is -0.360 e. The van der Waals surface area contributed by atoms with Crippen LogP contribution in [0.2, 0.25) is 0 Å². The summed E-state index contributed by atoms with van der Waals surface area (Å²) in [5.41, 5.74) is 1.55. The number of amides is 1. The van der Waals surface area contributed by atoms with Crippen molar-refractivity contribution in [3.63, 3.8) is 0 Å². The maximum absolute atomic E-state index is 13.0. The molecule has 152 valence electrons. The maximum atomic E-state index is 13.0. The van der Waals surface area contributed by atoms with E-state index >= 15 is 0 Å². The Kier molecular flexibility index (Phi) is 6.47. The van der Waals surface area contributed by atoms with Crippen LogP contribution in [0.4, 0.5) is 0 Å². The second-order valence-corrected chi connectivity index (χ2v) is 9.82. The largest absolute Gasteiger partial charge is 0.360 e. The van der Waals surface area contributed by atoms with Crippen LogP contribution in [0, 0.1) is 20.8 Å². The fourth-order valence-corrected chi connectivity index (χ4v) is 5.79. The van der Waals surface area contributed by atoms with Gasteiger partial charge in [0.25, 0.3) is 0 Å². The van der Waals surface area contributed by atoms with Crippen molar-refractivity contribution in [3.05, 3.63) is 41.3 Å². The monoisotopic (exact) mass is 423 g/mol. The van der Waals surface area contributed by atoms with Crippen LogP contribution in [0.15, 0.2) is 38.6 Å². The second kappa shape index (κ2) is 8.67. The van der Waals surface area contributed by atoms with Gasteiger partial charge in [0.2, 0.25) is 15.9 Å². The Balaban J connectivity index is 1.61. The molecule has 0 N–H and O–H groups in total. The lowest BCUT2D eigenvalue weighted by molar-refractivity contribution is -0.128. The molecule has 3 rings (SSSR count). The molecule has 9 heteroatoms. The highest BCUT2D eigenvalue weighted by molar-refractivity contribution is 8.00. The van der Waals surface area contributed by atoms with E-state index in [4.69, 9.17) is 4.52 Å². The zero-order valence-corrected chi connectivity index (χ0v) is 18.0. The fraction of sp³-hybridized carbons (Fsp3) is 0.474. The number of aryl methyl sites for hydroxylation is 3. The Bertz CT molecular complexity index is 919. The van der Waals surface area contributed by atoms with E-state index in [1.807, 2.05) is 31.2 Å². The molecule has 0 spiro atoms. The van der Waals surface area contributed by atoms with Gasteiger partial charge in [0.15, 0.2) is 5.76 Å². The molecule has 1 aromatic carbocycles. The standard InChI is InChI=1S/C19H25N3O4S2/c1-14-5-7-17(8-6-14)27-13-18(23)21-9-4-10-22(12-11-21)28(24,25)19-15(2)20-26-16(19)3/h5-8H,4,9-13H2,1-3H3. The van der Waals surface area contributed by atoms with Crippen LogP contribution >= 0.6 is 11.8 Å². The average Bonchev–Trinajstić information content (AvgIpc) is 2.86. The summed E-state index contributed by atoms with van der Waals surface area (Å²) in [4.78, 5) is 15.5. The van der Waals surface area contributed by atoms with Crippen LogP contribution in [0.25, 0.3) is 0 Å². The Morgan fingerprint density at radius 3 is 2.46 bits per heavy atom. The fourth-order valence-electron chi connectivity index (χ4n) is 3.23. The lowest BCUT2D eigenvalue weighted by Gasteiger charge is -2.21.